The van der Waals surface area contributed by atoms with Crippen molar-refractivity contribution < 1.29 is 18.7 Å². The second-order valence-corrected chi connectivity index (χ2v) is 8.45. The zero-order valence-corrected chi connectivity index (χ0v) is 19.7. The highest BCUT2D eigenvalue weighted by atomic mass is 19.1. The molecule has 1 aliphatic heterocycles. The molecule has 182 valence electrons. The molecule has 3 aromatic carbocycles. The molecule has 1 saturated heterocycles. The molecule has 1 aliphatic rings. The average Bonchev–Trinajstić information content (AvgIpc) is 3.14. The van der Waals surface area contributed by atoms with Crippen LogP contribution in [0.15, 0.2) is 66.7 Å². The quantitative estimate of drug-likeness (QED) is 0.530. The van der Waals surface area contributed by atoms with E-state index >= 15 is 0 Å². The fourth-order valence-electron chi connectivity index (χ4n) is 4.17. The lowest BCUT2D eigenvalue weighted by Crippen LogP contribution is -2.36. The molecule has 0 saturated carbocycles. The molecule has 0 aromatic heterocycles. The van der Waals surface area contributed by atoms with Crippen molar-refractivity contribution in [2.24, 2.45) is 0 Å². The second-order valence-electron chi connectivity index (χ2n) is 8.45. The van der Waals surface area contributed by atoms with E-state index in [-0.39, 0.29) is 24.2 Å². The summed E-state index contributed by atoms with van der Waals surface area (Å²) in [5.41, 5.74) is 9.15. The van der Waals surface area contributed by atoms with Gasteiger partial charge in [0.2, 0.25) is 0 Å². The van der Waals surface area contributed by atoms with Crippen LogP contribution in [0.5, 0.6) is 5.75 Å². The van der Waals surface area contributed by atoms with Crippen molar-refractivity contribution in [1.82, 2.24) is 10.2 Å². The maximum atomic E-state index is 13.2. The number of methoxy groups -OCH3 is 1. The van der Waals surface area contributed by atoms with Crippen molar-refractivity contribution in [3.8, 4) is 5.75 Å². The predicted molar refractivity (Wildman–Crippen MR) is 134 cm³/mol. The molecule has 1 heterocycles. The summed E-state index contributed by atoms with van der Waals surface area (Å²) in [6.07, 6.45) is 0.767. The number of hydrogen-bond acceptors (Lipinski definition) is 5. The molecule has 8 heteroatoms. The van der Waals surface area contributed by atoms with Crippen LogP contribution in [-0.4, -0.2) is 50.0 Å². The number of ether oxygens (including phenoxy) is 1. The van der Waals surface area contributed by atoms with Crippen molar-refractivity contribution in [1.29, 1.82) is 0 Å². The van der Waals surface area contributed by atoms with Crippen molar-refractivity contribution in [2.45, 2.75) is 13.0 Å². The summed E-state index contributed by atoms with van der Waals surface area (Å²) in [6, 6.07) is 18.4. The highest BCUT2D eigenvalue weighted by molar-refractivity contribution is 6.00. The molecular formula is C27H29FN4O3. The summed E-state index contributed by atoms with van der Waals surface area (Å²) in [5.74, 6) is 0.104. The van der Waals surface area contributed by atoms with Crippen LogP contribution in [0.4, 0.5) is 15.8 Å². The van der Waals surface area contributed by atoms with Gasteiger partial charge in [-0.1, -0.05) is 12.1 Å². The third-order valence-corrected chi connectivity index (χ3v) is 6.09. The molecule has 2 amide bonds. The summed E-state index contributed by atoms with van der Waals surface area (Å²) < 4.78 is 18.3. The number of carbonyl (C=O) groups excluding carboxylic acids is 2. The number of anilines is 2. The number of nitrogen functional groups attached to an aromatic ring is 1. The Hall–Kier alpha value is -4.07. The van der Waals surface area contributed by atoms with Crippen LogP contribution < -0.4 is 20.7 Å². The van der Waals surface area contributed by atoms with Gasteiger partial charge in [-0.2, -0.15) is 0 Å². The number of nitrogens with two attached hydrogens (primary N) is 1. The van der Waals surface area contributed by atoms with Crippen LogP contribution in [0.3, 0.4) is 0 Å². The zero-order chi connectivity index (χ0) is 24.8. The smallest absolute Gasteiger partial charge is 0.253 e. The topological polar surface area (TPSA) is 87.9 Å². The van der Waals surface area contributed by atoms with Gasteiger partial charge in [0.05, 0.1) is 12.7 Å². The first-order valence-electron chi connectivity index (χ1n) is 11.5. The fourth-order valence-corrected chi connectivity index (χ4v) is 4.17. The minimum Gasteiger partial charge on any atom is -0.497 e. The van der Waals surface area contributed by atoms with E-state index in [1.165, 1.54) is 12.1 Å². The molecule has 0 unspecified atom stereocenters. The number of benzene rings is 3. The lowest BCUT2D eigenvalue weighted by Gasteiger charge is -2.26. The Kier molecular flexibility index (Phi) is 7.50. The van der Waals surface area contributed by atoms with Gasteiger partial charge in [-0.3, -0.25) is 9.59 Å². The van der Waals surface area contributed by atoms with Crippen molar-refractivity contribution in [2.75, 3.05) is 43.9 Å². The van der Waals surface area contributed by atoms with E-state index in [1.54, 1.807) is 55.6 Å². The largest absolute Gasteiger partial charge is 0.497 e. The summed E-state index contributed by atoms with van der Waals surface area (Å²) >= 11 is 0. The maximum absolute atomic E-state index is 13.2. The van der Waals surface area contributed by atoms with E-state index in [1.807, 2.05) is 11.0 Å². The Morgan fingerprint density at radius 2 is 1.71 bits per heavy atom. The summed E-state index contributed by atoms with van der Waals surface area (Å²) in [6.45, 7) is 2.73. The first kappa shape index (κ1) is 24.1. The standard InChI is InChI=1S/C27H29FN4O3/c1-35-23-10-5-20(6-11-23)27(34)32-14-2-13-31(15-16-32)25-12-9-22(29)17-24(25)26(33)30-18-19-3-7-21(28)8-4-19/h3-12,17H,2,13-16,18,29H2,1H3,(H,30,33). The number of carbonyl (C=O) groups is 2. The van der Waals surface area contributed by atoms with E-state index in [9.17, 15) is 14.0 Å². The maximum Gasteiger partial charge on any atom is 0.253 e. The molecule has 0 spiro atoms. The summed E-state index contributed by atoms with van der Waals surface area (Å²) in [5, 5.41) is 2.90. The highest BCUT2D eigenvalue weighted by Crippen LogP contribution is 2.25. The van der Waals surface area contributed by atoms with E-state index in [0.29, 0.717) is 48.7 Å². The number of nitrogens with zero attached hydrogens (tertiary/aromatic N) is 2. The fraction of sp³-hybridized carbons (Fsp3) is 0.259. The van der Waals surface area contributed by atoms with Gasteiger partial charge in [-0.05, 0) is 66.6 Å². The van der Waals surface area contributed by atoms with Crippen LogP contribution in [0.2, 0.25) is 0 Å². The van der Waals surface area contributed by atoms with E-state index in [4.69, 9.17) is 10.5 Å². The van der Waals surface area contributed by atoms with Gasteiger partial charge in [0, 0.05) is 49.7 Å². The number of amides is 2. The van der Waals surface area contributed by atoms with E-state index in [0.717, 1.165) is 17.7 Å². The Bertz CT molecular complexity index is 1180. The minimum atomic E-state index is -0.320. The molecule has 7 nitrogen and oxygen atoms in total. The third-order valence-electron chi connectivity index (χ3n) is 6.09. The van der Waals surface area contributed by atoms with Crippen LogP contribution in [0, 0.1) is 5.82 Å². The molecule has 35 heavy (non-hydrogen) atoms. The SMILES string of the molecule is COc1ccc(C(=O)N2CCCN(c3ccc(N)cc3C(=O)NCc3ccc(F)cc3)CC2)cc1. The Balaban J connectivity index is 1.45. The highest BCUT2D eigenvalue weighted by Gasteiger charge is 2.23. The molecule has 0 radical (unpaired) electrons. The first-order chi connectivity index (χ1) is 16.9. The van der Waals surface area contributed by atoms with Gasteiger partial charge >= 0.3 is 0 Å². The Morgan fingerprint density at radius 3 is 2.43 bits per heavy atom. The van der Waals surface area contributed by atoms with Crippen LogP contribution >= 0.6 is 0 Å². The lowest BCUT2D eigenvalue weighted by atomic mass is 10.1. The number of halogens is 1. The van der Waals surface area contributed by atoms with Gasteiger partial charge in [0.1, 0.15) is 11.6 Å². The minimum absolute atomic E-state index is 0.0240. The molecule has 3 N–H and O–H groups in total. The molecule has 0 aliphatic carbocycles. The van der Waals surface area contributed by atoms with Gasteiger partial charge < -0.3 is 25.6 Å². The second kappa shape index (κ2) is 10.9. The normalized spacial score (nSPS) is 13.8. The van der Waals surface area contributed by atoms with Gasteiger partial charge in [0.25, 0.3) is 11.8 Å². The van der Waals surface area contributed by atoms with E-state index < -0.39 is 0 Å². The van der Waals surface area contributed by atoms with Gasteiger partial charge in [-0.25, -0.2) is 4.39 Å². The number of rotatable bonds is 6. The van der Waals surface area contributed by atoms with Crippen LogP contribution in [0.25, 0.3) is 0 Å². The first-order valence-corrected chi connectivity index (χ1v) is 11.5. The predicted octanol–water partition coefficient (Wildman–Crippen LogP) is 3.70. The Labute approximate surface area is 204 Å². The van der Waals surface area contributed by atoms with Gasteiger partial charge in [-0.15, -0.1) is 0 Å². The Morgan fingerprint density at radius 1 is 0.971 bits per heavy atom. The van der Waals surface area contributed by atoms with Crippen molar-refractivity contribution in [3.05, 3.63) is 89.2 Å². The third kappa shape index (κ3) is 5.90. The monoisotopic (exact) mass is 476 g/mol. The van der Waals surface area contributed by atoms with E-state index in [2.05, 4.69) is 10.2 Å². The molecule has 0 bridgehead atoms. The van der Waals surface area contributed by atoms with Crippen LogP contribution in [-0.2, 0) is 6.54 Å². The number of nitrogens with one attached hydrogen (secondary N) is 1. The zero-order valence-electron chi connectivity index (χ0n) is 19.7. The summed E-state index contributed by atoms with van der Waals surface area (Å²) in [7, 11) is 1.59. The van der Waals surface area contributed by atoms with Crippen molar-refractivity contribution >= 4 is 23.2 Å². The summed E-state index contributed by atoms with van der Waals surface area (Å²) in [4.78, 5) is 30.0. The molecule has 1 fully saturated rings. The number of hydrogen-bond donors (Lipinski definition) is 2. The molecule has 4 rings (SSSR count). The molecular weight excluding hydrogens is 447 g/mol. The van der Waals surface area contributed by atoms with Crippen LogP contribution in [0.1, 0.15) is 32.7 Å². The average molecular weight is 477 g/mol. The lowest BCUT2D eigenvalue weighted by molar-refractivity contribution is 0.0766. The van der Waals surface area contributed by atoms with Crippen molar-refractivity contribution in [3.63, 3.8) is 0 Å². The van der Waals surface area contributed by atoms with Gasteiger partial charge in [0.15, 0.2) is 0 Å². The molecule has 0 atom stereocenters. The molecule has 3 aromatic rings.